The standard InChI is InChI=1S/C11H16N2O/c14-11(8-13-9-4-5-9)7-10-3-1-2-6-12-10/h1-3,6,9,11,13-14H,4-5,7-8H2. The maximum Gasteiger partial charge on any atom is 0.0720 e. The number of hydrogen-bond acceptors (Lipinski definition) is 3. The first kappa shape index (κ1) is 9.62. The van der Waals surface area contributed by atoms with E-state index in [0.717, 1.165) is 5.69 Å². The van der Waals surface area contributed by atoms with Crippen molar-refractivity contribution in [3.63, 3.8) is 0 Å². The van der Waals surface area contributed by atoms with Crippen molar-refractivity contribution in [3.8, 4) is 0 Å². The minimum absolute atomic E-state index is 0.314. The number of rotatable bonds is 5. The minimum atomic E-state index is -0.314. The third kappa shape index (κ3) is 3.09. The summed E-state index contributed by atoms with van der Waals surface area (Å²) in [5.41, 5.74) is 0.956. The molecular weight excluding hydrogens is 176 g/mol. The summed E-state index contributed by atoms with van der Waals surface area (Å²) in [7, 11) is 0. The van der Waals surface area contributed by atoms with Crippen LogP contribution in [0.25, 0.3) is 0 Å². The molecule has 1 aromatic heterocycles. The zero-order valence-electron chi connectivity index (χ0n) is 8.19. The zero-order valence-corrected chi connectivity index (χ0v) is 8.19. The summed E-state index contributed by atoms with van der Waals surface area (Å²) in [6.45, 7) is 0.682. The van der Waals surface area contributed by atoms with E-state index >= 15 is 0 Å². The van der Waals surface area contributed by atoms with Crippen molar-refractivity contribution in [1.29, 1.82) is 0 Å². The maximum absolute atomic E-state index is 9.68. The summed E-state index contributed by atoms with van der Waals surface area (Å²) in [6.07, 6.45) is 4.61. The van der Waals surface area contributed by atoms with Crippen LogP contribution in [-0.4, -0.2) is 28.8 Å². The molecule has 0 aromatic carbocycles. The van der Waals surface area contributed by atoms with E-state index in [1.54, 1.807) is 6.20 Å². The molecule has 0 bridgehead atoms. The highest BCUT2D eigenvalue weighted by molar-refractivity contribution is 5.04. The van der Waals surface area contributed by atoms with E-state index in [1.807, 2.05) is 18.2 Å². The molecule has 1 fully saturated rings. The van der Waals surface area contributed by atoms with Crippen LogP contribution in [0.1, 0.15) is 18.5 Å². The van der Waals surface area contributed by atoms with Crippen LogP contribution in [-0.2, 0) is 6.42 Å². The van der Waals surface area contributed by atoms with Gasteiger partial charge in [-0.2, -0.15) is 0 Å². The van der Waals surface area contributed by atoms with Gasteiger partial charge in [0, 0.05) is 30.9 Å². The summed E-state index contributed by atoms with van der Waals surface area (Å²) >= 11 is 0. The highest BCUT2D eigenvalue weighted by Gasteiger charge is 2.21. The van der Waals surface area contributed by atoms with Crippen LogP contribution in [0.2, 0.25) is 0 Å². The molecule has 1 aromatic rings. The SMILES string of the molecule is OC(CNC1CC1)Cc1ccccn1. The topological polar surface area (TPSA) is 45.1 Å². The summed E-state index contributed by atoms with van der Waals surface area (Å²) < 4.78 is 0. The van der Waals surface area contributed by atoms with Gasteiger partial charge < -0.3 is 10.4 Å². The summed E-state index contributed by atoms with van der Waals surface area (Å²) in [5, 5.41) is 13.0. The molecule has 1 unspecified atom stereocenters. The Morgan fingerprint density at radius 1 is 1.50 bits per heavy atom. The second-order valence-electron chi connectivity index (χ2n) is 3.86. The van der Waals surface area contributed by atoms with Gasteiger partial charge >= 0.3 is 0 Å². The summed E-state index contributed by atoms with van der Waals surface area (Å²) in [5.74, 6) is 0. The third-order valence-corrected chi connectivity index (χ3v) is 2.39. The normalized spacial score (nSPS) is 18.1. The van der Waals surface area contributed by atoms with Crippen LogP contribution < -0.4 is 5.32 Å². The Morgan fingerprint density at radius 3 is 3.00 bits per heavy atom. The van der Waals surface area contributed by atoms with Crippen LogP contribution in [0.15, 0.2) is 24.4 Å². The number of aliphatic hydroxyl groups is 1. The van der Waals surface area contributed by atoms with E-state index in [9.17, 15) is 5.11 Å². The number of nitrogens with one attached hydrogen (secondary N) is 1. The lowest BCUT2D eigenvalue weighted by molar-refractivity contribution is 0.170. The van der Waals surface area contributed by atoms with Gasteiger partial charge in [-0.1, -0.05) is 6.07 Å². The largest absolute Gasteiger partial charge is 0.391 e. The van der Waals surface area contributed by atoms with E-state index < -0.39 is 0 Å². The highest BCUT2D eigenvalue weighted by Crippen LogP contribution is 2.18. The Bertz CT molecular complexity index is 272. The molecule has 1 heterocycles. The Hall–Kier alpha value is -0.930. The Labute approximate surface area is 84.2 Å². The molecule has 2 rings (SSSR count). The van der Waals surface area contributed by atoms with Gasteiger partial charge in [0.25, 0.3) is 0 Å². The number of hydrogen-bond donors (Lipinski definition) is 2. The molecule has 0 radical (unpaired) electrons. The molecule has 0 saturated heterocycles. The molecule has 76 valence electrons. The first-order valence-corrected chi connectivity index (χ1v) is 5.16. The van der Waals surface area contributed by atoms with Gasteiger partial charge in [0.05, 0.1) is 6.10 Å². The van der Waals surface area contributed by atoms with E-state index in [0.29, 0.717) is 19.0 Å². The average Bonchev–Trinajstić information content (AvgIpc) is 3.00. The maximum atomic E-state index is 9.68. The van der Waals surface area contributed by atoms with Crippen LogP contribution in [0, 0.1) is 0 Å². The summed E-state index contributed by atoms with van der Waals surface area (Å²) in [4.78, 5) is 4.17. The lowest BCUT2D eigenvalue weighted by Gasteiger charge is -2.10. The fourth-order valence-electron chi connectivity index (χ4n) is 1.42. The van der Waals surface area contributed by atoms with E-state index in [1.165, 1.54) is 12.8 Å². The predicted octanol–water partition coefficient (Wildman–Crippen LogP) is 0.737. The average molecular weight is 192 g/mol. The van der Waals surface area contributed by atoms with Gasteiger partial charge in [0.2, 0.25) is 0 Å². The lowest BCUT2D eigenvalue weighted by Crippen LogP contribution is -2.30. The van der Waals surface area contributed by atoms with Gasteiger partial charge in [0.1, 0.15) is 0 Å². The van der Waals surface area contributed by atoms with Gasteiger partial charge in [-0.15, -0.1) is 0 Å². The molecule has 2 N–H and O–H groups in total. The molecular formula is C11H16N2O. The molecule has 1 saturated carbocycles. The fourth-order valence-corrected chi connectivity index (χ4v) is 1.42. The van der Waals surface area contributed by atoms with Gasteiger partial charge in [-0.25, -0.2) is 0 Å². The molecule has 1 atom stereocenters. The fraction of sp³-hybridized carbons (Fsp3) is 0.545. The predicted molar refractivity (Wildman–Crippen MR) is 55.0 cm³/mol. The molecule has 14 heavy (non-hydrogen) atoms. The number of nitrogens with zero attached hydrogens (tertiary/aromatic N) is 1. The smallest absolute Gasteiger partial charge is 0.0720 e. The van der Waals surface area contributed by atoms with Gasteiger partial charge in [0.15, 0.2) is 0 Å². The lowest BCUT2D eigenvalue weighted by atomic mass is 10.2. The van der Waals surface area contributed by atoms with Crippen LogP contribution in [0.4, 0.5) is 0 Å². The molecule has 0 aliphatic heterocycles. The number of aromatic nitrogens is 1. The number of aliphatic hydroxyl groups excluding tert-OH is 1. The minimum Gasteiger partial charge on any atom is -0.391 e. The number of pyridine rings is 1. The molecule has 3 heteroatoms. The van der Waals surface area contributed by atoms with Crippen molar-refractivity contribution < 1.29 is 5.11 Å². The molecule has 1 aliphatic rings. The Morgan fingerprint density at radius 2 is 2.36 bits per heavy atom. The second kappa shape index (κ2) is 4.53. The van der Waals surface area contributed by atoms with Crippen LogP contribution >= 0.6 is 0 Å². The second-order valence-corrected chi connectivity index (χ2v) is 3.86. The van der Waals surface area contributed by atoms with Crippen LogP contribution in [0.3, 0.4) is 0 Å². The van der Waals surface area contributed by atoms with Gasteiger partial charge in [-0.05, 0) is 25.0 Å². The zero-order chi connectivity index (χ0) is 9.80. The molecule has 3 nitrogen and oxygen atoms in total. The van der Waals surface area contributed by atoms with Crippen molar-refractivity contribution in [2.75, 3.05) is 6.54 Å². The quantitative estimate of drug-likeness (QED) is 0.723. The van der Waals surface area contributed by atoms with E-state index in [2.05, 4.69) is 10.3 Å². The molecule has 1 aliphatic carbocycles. The van der Waals surface area contributed by atoms with Crippen molar-refractivity contribution in [2.24, 2.45) is 0 Å². The van der Waals surface area contributed by atoms with Gasteiger partial charge in [-0.3, -0.25) is 4.98 Å². The Balaban J connectivity index is 1.73. The highest BCUT2D eigenvalue weighted by atomic mass is 16.3. The monoisotopic (exact) mass is 192 g/mol. The van der Waals surface area contributed by atoms with E-state index in [4.69, 9.17) is 0 Å². The summed E-state index contributed by atoms with van der Waals surface area (Å²) in [6, 6.07) is 6.44. The van der Waals surface area contributed by atoms with Crippen LogP contribution in [0.5, 0.6) is 0 Å². The van der Waals surface area contributed by atoms with Crippen molar-refractivity contribution in [1.82, 2.24) is 10.3 Å². The first-order chi connectivity index (χ1) is 6.84. The van der Waals surface area contributed by atoms with Crippen molar-refractivity contribution in [3.05, 3.63) is 30.1 Å². The first-order valence-electron chi connectivity index (χ1n) is 5.16. The van der Waals surface area contributed by atoms with Crippen molar-refractivity contribution >= 4 is 0 Å². The third-order valence-electron chi connectivity index (χ3n) is 2.39. The van der Waals surface area contributed by atoms with E-state index in [-0.39, 0.29) is 6.10 Å². The molecule has 0 spiro atoms. The van der Waals surface area contributed by atoms with Crippen molar-refractivity contribution in [2.45, 2.75) is 31.4 Å². The molecule has 0 amide bonds. The Kier molecular flexibility index (Phi) is 3.11.